The zero-order valence-corrected chi connectivity index (χ0v) is 9.34. The zero-order chi connectivity index (χ0) is 10.8. The van der Waals surface area contributed by atoms with Crippen LogP contribution in [0.1, 0.15) is 46.5 Å². The molecule has 1 aliphatic carbocycles. The molecule has 0 saturated heterocycles. The molecule has 1 N–H and O–H groups in total. The lowest BCUT2D eigenvalue weighted by molar-refractivity contribution is -0.117. The molecule has 1 aliphatic rings. The van der Waals surface area contributed by atoms with Gasteiger partial charge in [0.1, 0.15) is 0 Å². The molecule has 0 heterocycles. The third kappa shape index (κ3) is 3.62. The van der Waals surface area contributed by atoms with E-state index < -0.39 is 0 Å². The van der Waals surface area contributed by atoms with Crippen molar-refractivity contribution in [3.63, 3.8) is 0 Å². The predicted octanol–water partition coefficient (Wildman–Crippen LogP) is 2.46. The Hall–Kier alpha value is -0.630. The molecule has 0 saturated carbocycles. The van der Waals surface area contributed by atoms with Gasteiger partial charge in [-0.3, -0.25) is 4.79 Å². The zero-order valence-electron chi connectivity index (χ0n) is 9.34. The summed E-state index contributed by atoms with van der Waals surface area (Å²) in [5.74, 6) is 0.254. The number of ketones is 1. The van der Waals surface area contributed by atoms with Crippen LogP contribution in [0.4, 0.5) is 0 Å². The fourth-order valence-electron chi connectivity index (χ4n) is 1.67. The standard InChI is InChI=1S/C12H20O2/c1-12(2,3)8-11(14)9-4-6-10(13)7-5-9/h4,10,13H,5-8H2,1-3H3/t10-/m1/s1. The molecular weight excluding hydrogens is 176 g/mol. The molecule has 2 heteroatoms. The van der Waals surface area contributed by atoms with E-state index in [2.05, 4.69) is 20.8 Å². The van der Waals surface area contributed by atoms with E-state index in [1.54, 1.807) is 0 Å². The molecule has 14 heavy (non-hydrogen) atoms. The average molecular weight is 196 g/mol. The Morgan fingerprint density at radius 1 is 1.57 bits per heavy atom. The van der Waals surface area contributed by atoms with Gasteiger partial charge in [0.15, 0.2) is 5.78 Å². The molecule has 2 nitrogen and oxygen atoms in total. The lowest BCUT2D eigenvalue weighted by Gasteiger charge is -2.21. The van der Waals surface area contributed by atoms with Crippen molar-refractivity contribution in [3.8, 4) is 0 Å². The molecule has 0 fully saturated rings. The van der Waals surface area contributed by atoms with Crippen molar-refractivity contribution in [2.45, 2.75) is 52.6 Å². The first-order valence-electron chi connectivity index (χ1n) is 5.29. The number of aliphatic hydroxyl groups is 1. The Morgan fingerprint density at radius 2 is 2.21 bits per heavy atom. The van der Waals surface area contributed by atoms with Crippen LogP contribution in [0.5, 0.6) is 0 Å². The molecule has 0 aromatic heterocycles. The van der Waals surface area contributed by atoms with Gasteiger partial charge in [-0.1, -0.05) is 26.8 Å². The molecule has 0 unspecified atom stereocenters. The average Bonchev–Trinajstić information content (AvgIpc) is 2.02. The first-order chi connectivity index (χ1) is 6.38. The lowest BCUT2D eigenvalue weighted by atomic mass is 9.84. The second-order valence-corrected chi connectivity index (χ2v) is 5.32. The normalized spacial score (nSPS) is 23.1. The topological polar surface area (TPSA) is 37.3 Å². The molecule has 0 bridgehead atoms. The van der Waals surface area contributed by atoms with Gasteiger partial charge in [-0.15, -0.1) is 0 Å². The monoisotopic (exact) mass is 196 g/mol. The van der Waals surface area contributed by atoms with E-state index in [1.807, 2.05) is 6.08 Å². The van der Waals surface area contributed by atoms with Crippen LogP contribution in [0.2, 0.25) is 0 Å². The molecule has 1 atom stereocenters. The maximum Gasteiger partial charge on any atom is 0.159 e. The van der Waals surface area contributed by atoms with Crippen LogP contribution in [0, 0.1) is 5.41 Å². The summed E-state index contributed by atoms with van der Waals surface area (Å²) in [4.78, 5) is 11.8. The first-order valence-corrected chi connectivity index (χ1v) is 5.29. The number of rotatable bonds is 2. The summed E-state index contributed by atoms with van der Waals surface area (Å²) in [7, 11) is 0. The third-order valence-corrected chi connectivity index (χ3v) is 2.43. The van der Waals surface area contributed by atoms with Gasteiger partial charge in [0.05, 0.1) is 6.10 Å². The van der Waals surface area contributed by atoms with Crippen LogP contribution in [-0.2, 0) is 4.79 Å². The van der Waals surface area contributed by atoms with Crippen LogP contribution in [0.25, 0.3) is 0 Å². The van der Waals surface area contributed by atoms with E-state index >= 15 is 0 Å². The fourth-order valence-corrected chi connectivity index (χ4v) is 1.67. The minimum Gasteiger partial charge on any atom is -0.393 e. The first kappa shape index (κ1) is 11.4. The summed E-state index contributed by atoms with van der Waals surface area (Å²) in [5, 5.41) is 9.29. The highest BCUT2D eigenvalue weighted by molar-refractivity contribution is 5.95. The molecule has 0 aliphatic heterocycles. The molecule has 0 amide bonds. The van der Waals surface area contributed by atoms with E-state index in [9.17, 15) is 9.90 Å². The van der Waals surface area contributed by atoms with Crippen LogP contribution < -0.4 is 0 Å². The highest BCUT2D eigenvalue weighted by atomic mass is 16.3. The van der Waals surface area contributed by atoms with Gasteiger partial charge < -0.3 is 5.11 Å². The molecular formula is C12H20O2. The van der Waals surface area contributed by atoms with Crippen molar-refractivity contribution in [3.05, 3.63) is 11.6 Å². The van der Waals surface area contributed by atoms with Crippen molar-refractivity contribution >= 4 is 5.78 Å². The van der Waals surface area contributed by atoms with Gasteiger partial charge in [-0.05, 0) is 30.3 Å². The number of carbonyl (C=O) groups is 1. The van der Waals surface area contributed by atoms with Crippen molar-refractivity contribution in [1.29, 1.82) is 0 Å². The van der Waals surface area contributed by atoms with E-state index in [1.165, 1.54) is 0 Å². The number of allylic oxidation sites excluding steroid dienone is 1. The number of hydrogen-bond donors (Lipinski definition) is 1. The van der Waals surface area contributed by atoms with Crippen LogP contribution >= 0.6 is 0 Å². The van der Waals surface area contributed by atoms with Crippen molar-refractivity contribution in [1.82, 2.24) is 0 Å². The van der Waals surface area contributed by atoms with Crippen molar-refractivity contribution < 1.29 is 9.90 Å². The molecule has 0 aromatic carbocycles. The van der Waals surface area contributed by atoms with Gasteiger partial charge in [0.25, 0.3) is 0 Å². The van der Waals surface area contributed by atoms with Gasteiger partial charge in [0.2, 0.25) is 0 Å². The SMILES string of the molecule is CC(C)(C)CC(=O)C1=CC[C@@H](O)CC1. The van der Waals surface area contributed by atoms with Gasteiger partial charge >= 0.3 is 0 Å². The maximum atomic E-state index is 11.8. The van der Waals surface area contributed by atoms with E-state index in [0.717, 1.165) is 18.4 Å². The van der Waals surface area contributed by atoms with Crippen LogP contribution in [0.15, 0.2) is 11.6 Å². The summed E-state index contributed by atoms with van der Waals surface area (Å²) in [6.07, 6.45) is 4.40. The number of carbonyl (C=O) groups excluding carboxylic acids is 1. The van der Waals surface area contributed by atoms with Gasteiger partial charge in [-0.2, -0.15) is 0 Å². The molecule has 0 aromatic rings. The summed E-state index contributed by atoms with van der Waals surface area (Å²) in [6.45, 7) is 6.22. The van der Waals surface area contributed by atoms with E-state index in [0.29, 0.717) is 12.8 Å². The van der Waals surface area contributed by atoms with E-state index in [-0.39, 0.29) is 17.3 Å². The van der Waals surface area contributed by atoms with Crippen molar-refractivity contribution in [2.24, 2.45) is 5.41 Å². The third-order valence-electron chi connectivity index (χ3n) is 2.43. The highest BCUT2D eigenvalue weighted by Crippen LogP contribution is 2.25. The fraction of sp³-hybridized carbons (Fsp3) is 0.750. The van der Waals surface area contributed by atoms with Crippen molar-refractivity contribution in [2.75, 3.05) is 0 Å². The Kier molecular flexibility index (Phi) is 3.48. The Bertz CT molecular complexity index is 246. The van der Waals surface area contributed by atoms with E-state index in [4.69, 9.17) is 0 Å². The second kappa shape index (κ2) is 4.26. The van der Waals surface area contributed by atoms with Gasteiger partial charge in [0, 0.05) is 6.42 Å². The largest absolute Gasteiger partial charge is 0.393 e. The number of Topliss-reactive ketones (excluding diaryl/α,β-unsaturated/α-hetero) is 1. The van der Waals surface area contributed by atoms with Gasteiger partial charge in [-0.25, -0.2) is 0 Å². The maximum absolute atomic E-state index is 11.8. The Morgan fingerprint density at radius 3 is 2.64 bits per heavy atom. The predicted molar refractivity (Wildman–Crippen MR) is 57.0 cm³/mol. The Balaban J connectivity index is 2.54. The highest BCUT2D eigenvalue weighted by Gasteiger charge is 2.21. The molecule has 0 radical (unpaired) electrons. The quantitative estimate of drug-likeness (QED) is 0.736. The second-order valence-electron chi connectivity index (χ2n) is 5.32. The number of aliphatic hydroxyl groups excluding tert-OH is 1. The smallest absolute Gasteiger partial charge is 0.159 e. The summed E-state index contributed by atoms with van der Waals surface area (Å²) in [5.41, 5.74) is 0.985. The Labute approximate surface area is 86.0 Å². The minimum absolute atomic E-state index is 0.0635. The van der Waals surface area contributed by atoms with Crippen LogP contribution in [-0.4, -0.2) is 17.0 Å². The number of hydrogen-bond acceptors (Lipinski definition) is 2. The molecule has 80 valence electrons. The minimum atomic E-state index is -0.235. The lowest BCUT2D eigenvalue weighted by Crippen LogP contribution is -2.19. The summed E-state index contributed by atoms with van der Waals surface area (Å²) < 4.78 is 0. The summed E-state index contributed by atoms with van der Waals surface area (Å²) >= 11 is 0. The van der Waals surface area contributed by atoms with Crippen LogP contribution in [0.3, 0.4) is 0 Å². The molecule has 0 spiro atoms. The summed E-state index contributed by atoms with van der Waals surface area (Å²) in [6, 6.07) is 0. The molecule has 1 rings (SSSR count).